The van der Waals surface area contributed by atoms with Crippen LogP contribution in [0.25, 0.3) is 0 Å². The van der Waals surface area contributed by atoms with Crippen LogP contribution in [0.3, 0.4) is 0 Å². The molecule has 0 radical (unpaired) electrons. The molecule has 17 N–H and O–H groups in total. The molecule has 4 aliphatic rings. The first-order chi connectivity index (χ1) is 47.7. The second kappa shape index (κ2) is 47.4. The van der Waals surface area contributed by atoms with Crippen LogP contribution >= 0.6 is 7.60 Å². The number of nitrogens with one attached hydrogen (secondary N) is 7. The molecule has 3 heterocycles. The predicted octanol–water partition coefficient (Wildman–Crippen LogP) is -9.20. The van der Waals surface area contributed by atoms with Gasteiger partial charge in [-0.25, -0.2) is 0 Å². The number of rotatable bonds is 48. The van der Waals surface area contributed by atoms with E-state index in [9.17, 15) is 93.8 Å². The molecule has 8 amide bonds. The Kier molecular flexibility index (Phi) is 41.5. The molecule has 17 atom stereocenters. The number of amides is 8. The van der Waals surface area contributed by atoms with E-state index >= 15 is 0 Å². The lowest BCUT2D eigenvalue weighted by Crippen LogP contribution is -2.64. The number of aliphatic hydroxyl groups excluding tert-OH is 9. The number of carbonyl (C=O) groups excluding carboxylic acids is 8. The topological polar surface area (TPSA) is 563 Å². The highest BCUT2D eigenvalue weighted by molar-refractivity contribution is 7.51. The Morgan fingerprint density at radius 2 is 0.790 bits per heavy atom. The standard InChI is InChI=1S/C59H105N8O32P/c1-34(71)63-46-52(80)49(77)40(31-68)96-57(46)93-26-23-90-20-17-87-14-11-60-43(74)10-9-39(66-55(83)37-5-7-38(8-6-37)99-100(4,85)86)56(84)67(29-44(75)61-12-15-88-18-21-91-24-27-94-58-47(64-35(2)72)53(81)50(78)41(32-69)97-58)30-45(76)62-13-16-89-19-22-92-25-28-95-59-48(65-36(3)73)54(82)51(79)42(33-70)98-59/h37-42,46-54,57-59,68-70,77-82H,5-33H2,1-4H3,(H,60,74)(H,61,75)(H,62,76)(H,63,71)(H,64,72)(H,65,73)(H,66,83)(H,85,86). The highest BCUT2D eigenvalue weighted by atomic mass is 31.2. The third kappa shape index (κ3) is 32.4. The van der Waals surface area contributed by atoms with Crippen molar-refractivity contribution < 1.29 is 155 Å². The van der Waals surface area contributed by atoms with E-state index in [1.54, 1.807) is 0 Å². The zero-order chi connectivity index (χ0) is 73.7. The Hall–Kier alpha value is -4.93. The second-order valence-corrected chi connectivity index (χ2v) is 25.6. The van der Waals surface area contributed by atoms with Gasteiger partial charge in [0.1, 0.15) is 92.2 Å². The molecule has 0 aromatic carbocycles. The molecule has 1 saturated carbocycles. The summed E-state index contributed by atoms with van der Waals surface area (Å²) < 4.78 is 84.0. The van der Waals surface area contributed by atoms with Crippen LogP contribution in [0, 0.1) is 5.92 Å². The SMILES string of the molecule is CC(=O)NC1C(OCCOCCOCCNC(=O)CCC(NC(=O)C2CCC(OP(C)(=O)O)CC2)C(=O)N(CC(=O)NCCOCCOCCOC2OC(CO)C(O)C(O)C2NC(C)=O)CC(=O)NCCOCCOCCOC2OC(CO)C(O)C(O)C2NC(C)=O)OC(CO)C(O)C1O. The van der Waals surface area contributed by atoms with E-state index in [1.807, 2.05) is 0 Å². The van der Waals surface area contributed by atoms with Crippen LogP contribution in [0.4, 0.5) is 0 Å². The lowest BCUT2D eigenvalue weighted by Gasteiger charge is -2.42. The molecule has 40 nitrogen and oxygen atoms in total. The summed E-state index contributed by atoms with van der Waals surface area (Å²) in [5.41, 5.74) is 0. The molecule has 0 aromatic rings. The van der Waals surface area contributed by atoms with E-state index in [1.165, 1.54) is 20.8 Å². The van der Waals surface area contributed by atoms with Crippen LogP contribution in [-0.4, -0.2) is 365 Å². The van der Waals surface area contributed by atoms with E-state index in [4.69, 9.17) is 61.4 Å². The van der Waals surface area contributed by atoms with Crippen LogP contribution in [0.15, 0.2) is 0 Å². The molecular formula is C59H105N8O32P. The van der Waals surface area contributed by atoms with Gasteiger partial charge in [-0.15, -0.1) is 0 Å². The fraction of sp³-hybridized carbons (Fsp3) is 0.864. The third-order valence-corrected chi connectivity index (χ3v) is 16.4. The van der Waals surface area contributed by atoms with E-state index in [2.05, 4.69) is 37.2 Å². The number of nitrogens with zero attached hydrogens (tertiary/aromatic N) is 1. The normalized spacial score (nSPS) is 28.5. The van der Waals surface area contributed by atoms with Gasteiger partial charge in [-0.1, -0.05) is 0 Å². The highest BCUT2D eigenvalue weighted by Crippen LogP contribution is 2.42. The fourth-order valence-corrected chi connectivity index (χ4v) is 11.5. The predicted molar refractivity (Wildman–Crippen MR) is 338 cm³/mol. The van der Waals surface area contributed by atoms with Gasteiger partial charge in [-0.3, -0.25) is 42.9 Å². The first-order valence-corrected chi connectivity index (χ1v) is 35.1. The lowest BCUT2D eigenvalue weighted by molar-refractivity contribution is -0.272. The van der Waals surface area contributed by atoms with Crippen molar-refractivity contribution in [1.82, 2.24) is 42.1 Å². The molecule has 3 saturated heterocycles. The molecule has 0 bridgehead atoms. The van der Waals surface area contributed by atoms with Gasteiger partial charge in [0.15, 0.2) is 18.9 Å². The van der Waals surface area contributed by atoms with Crippen molar-refractivity contribution >= 4 is 54.9 Å². The third-order valence-electron chi connectivity index (χ3n) is 15.7. The number of hydrogen-bond donors (Lipinski definition) is 17. The minimum Gasteiger partial charge on any atom is -0.394 e. The molecule has 41 heteroatoms. The van der Waals surface area contributed by atoms with Gasteiger partial charge in [0.05, 0.1) is 125 Å². The van der Waals surface area contributed by atoms with Crippen molar-refractivity contribution in [2.45, 2.75) is 163 Å². The van der Waals surface area contributed by atoms with E-state index in [0.29, 0.717) is 0 Å². The summed E-state index contributed by atoms with van der Waals surface area (Å²) in [7, 11) is -3.85. The molecule has 4 rings (SSSR count). The highest BCUT2D eigenvalue weighted by Gasteiger charge is 2.48. The van der Waals surface area contributed by atoms with E-state index in [-0.39, 0.29) is 157 Å². The molecular weight excluding hydrogens is 1360 g/mol. The van der Waals surface area contributed by atoms with Gasteiger partial charge in [0.25, 0.3) is 0 Å². The van der Waals surface area contributed by atoms with Gasteiger partial charge in [0, 0.05) is 59.4 Å². The van der Waals surface area contributed by atoms with Crippen LogP contribution in [0.5, 0.6) is 0 Å². The van der Waals surface area contributed by atoms with Crippen molar-refractivity contribution in [3.05, 3.63) is 0 Å². The summed E-state index contributed by atoms with van der Waals surface area (Å²) in [4.78, 5) is 115. The Bertz CT molecular complexity index is 2410. The Morgan fingerprint density at radius 3 is 1.11 bits per heavy atom. The first kappa shape index (κ1) is 87.5. The molecule has 100 heavy (non-hydrogen) atoms. The van der Waals surface area contributed by atoms with Gasteiger partial charge in [-0.05, 0) is 32.1 Å². The lowest BCUT2D eigenvalue weighted by atomic mass is 9.86. The summed E-state index contributed by atoms with van der Waals surface area (Å²) in [5, 5.41) is 109. The summed E-state index contributed by atoms with van der Waals surface area (Å²) in [6.07, 6.45) is -16.5. The number of aliphatic hydroxyl groups is 9. The van der Waals surface area contributed by atoms with Crippen molar-refractivity contribution in [3.8, 4) is 0 Å². The smallest absolute Gasteiger partial charge is 0.325 e. The molecule has 4 fully saturated rings. The molecule has 1 aliphatic carbocycles. The van der Waals surface area contributed by atoms with Crippen molar-refractivity contribution in [2.75, 3.05) is 158 Å². The number of ether oxygens (including phenoxy) is 12. The first-order valence-electron chi connectivity index (χ1n) is 33.1. The van der Waals surface area contributed by atoms with Gasteiger partial charge >= 0.3 is 7.60 Å². The van der Waals surface area contributed by atoms with E-state index < -0.39 is 198 Å². The number of carbonyl (C=O) groups is 8. The maximum atomic E-state index is 14.7. The summed E-state index contributed by atoms with van der Waals surface area (Å²) in [6.45, 7) is 1.11. The van der Waals surface area contributed by atoms with Crippen molar-refractivity contribution in [3.63, 3.8) is 0 Å². The number of hydrogen-bond acceptors (Lipinski definition) is 31. The summed E-state index contributed by atoms with van der Waals surface area (Å²) in [6, 6.07) is -4.90. The quantitative estimate of drug-likeness (QED) is 0.0199. The van der Waals surface area contributed by atoms with Crippen molar-refractivity contribution in [2.24, 2.45) is 5.92 Å². The Morgan fingerprint density at radius 1 is 0.470 bits per heavy atom. The molecule has 17 unspecified atom stereocenters. The van der Waals surface area contributed by atoms with Crippen LogP contribution in [0.2, 0.25) is 0 Å². The van der Waals surface area contributed by atoms with Gasteiger partial charge in [-0.2, -0.15) is 0 Å². The average Bonchev–Trinajstić information content (AvgIpc) is 0.822. The Labute approximate surface area is 578 Å². The minimum absolute atomic E-state index is 0.000826. The minimum atomic E-state index is -3.85. The van der Waals surface area contributed by atoms with Crippen LogP contribution in [0.1, 0.15) is 59.3 Å². The van der Waals surface area contributed by atoms with Crippen LogP contribution in [-0.2, 0) is 104 Å². The monoisotopic (exact) mass is 1470 g/mol. The fourth-order valence-electron chi connectivity index (χ4n) is 10.8. The van der Waals surface area contributed by atoms with Crippen molar-refractivity contribution in [1.29, 1.82) is 0 Å². The largest absolute Gasteiger partial charge is 0.394 e. The summed E-state index contributed by atoms with van der Waals surface area (Å²) >= 11 is 0. The van der Waals surface area contributed by atoms with Crippen LogP contribution < -0.4 is 37.2 Å². The summed E-state index contributed by atoms with van der Waals surface area (Å²) in [5.74, 6) is -5.83. The maximum Gasteiger partial charge on any atom is 0.325 e. The molecule has 0 spiro atoms. The maximum absolute atomic E-state index is 14.7. The van der Waals surface area contributed by atoms with Gasteiger partial charge in [0.2, 0.25) is 47.3 Å². The second-order valence-electron chi connectivity index (χ2n) is 23.8. The molecule has 578 valence electrons. The average molecular weight is 1470 g/mol. The van der Waals surface area contributed by atoms with E-state index in [0.717, 1.165) is 11.6 Å². The molecule has 0 aromatic heterocycles. The molecule has 3 aliphatic heterocycles. The zero-order valence-electron chi connectivity index (χ0n) is 56.7. The Balaban J connectivity index is 1.31. The van der Waals surface area contributed by atoms with Gasteiger partial charge < -0.3 is 154 Å². The zero-order valence-corrected chi connectivity index (χ0v) is 57.6.